The van der Waals surface area contributed by atoms with E-state index in [1.54, 1.807) is 0 Å². The Morgan fingerprint density at radius 1 is 0.467 bits per heavy atom. The molecule has 0 radical (unpaired) electrons. The molecular formula is C39H48N6O15. The number of nitrogens with one attached hydrogen (secondary N) is 3. The Morgan fingerprint density at radius 3 is 1.13 bits per heavy atom. The molecule has 1 aliphatic carbocycles. The Labute approximate surface area is 343 Å². The number of hydrogen-bond acceptors (Lipinski definition) is 11. The molecule has 21 heteroatoms. The van der Waals surface area contributed by atoms with Crippen LogP contribution in [0.25, 0.3) is 11.1 Å². The largest absolute Gasteiger partial charge is 0.481 e. The van der Waals surface area contributed by atoms with E-state index in [-0.39, 0.29) is 51.8 Å². The number of hydrogen-bond donors (Lipinski definition) is 7. The predicted octanol–water partition coefficient (Wildman–Crippen LogP) is -0.0777. The summed E-state index contributed by atoms with van der Waals surface area (Å²) in [6.07, 6.45) is -3.58. The number of benzene rings is 2. The molecule has 324 valence electrons. The zero-order valence-corrected chi connectivity index (χ0v) is 32.6. The summed E-state index contributed by atoms with van der Waals surface area (Å²) in [6, 6.07) is 15.4. The van der Waals surface area contributed by atoms with Crippen LogP contribution in [0.3, 0.4) is 0 Å². The maximum atomic E-state index is 13.4. The summed E-state index contributed by atoms with van der Waals surface area (Å²) >= 11 is 0. The van der Waals surface area contributed by atoms with Gasteiger partial charge in [-0.25, -0.2) is 4.79 Å². The van der Waals surface area contributed by atoms with Gasteiger partial charge in [0, 0.05) is 58.0 Å². The smallest absolute Gasteiger partial charge is 0.407 e. The van der Waals surface area contributed by atoms with Gasteiger partial charge in [0.15, 0.2) is 0 Å². The number of rotatable bonds is 26. The van der Waals surface area contributed by atoms with Crippen molar-refractivity contribution in [2.75, 3.05) is 65.5 Å². The topological polar surface area (TPSA) is 307 Å². The molecule has 21 nitrogen and oxygen atoms in total. The van der Waals surface area contributed by atoms with E-state index in [1.165, 1.54) is 0 Å². The second-order valence-electron chi connectivity index (χ2n) is 13.4. The second kappa shape index (κ2) is 24.0. The highest BCUT2D eigenvalue weighted by atomic mass is 16.5. The van der Waals surface area contributed by atoms with Gasteiger partial charge >= 0.3 is 30.0 Å². The third-order valence-electron chi connectivity index (χ3n) is 9.26. The van der Waals surface area contributed by atoms with Crippen LogP contribution in [0.4, 0.5) is 4.79 Å². The van der Waals surface area contributed by atoms with Gasteiger partial charge in [0.2, 0.25) is 29.5 Å². The minimum atomic E-state index is -1.22. The minimum absolute atomic E-state index is 0.0381. The highest BCUT2D eigenvalue weighted by Gasteiger charge is 2.29. The third-order valence-corrected chi connectivity index (χ3v) is 9.26. The van der Waals surface area contributed by atoms with Crippen LogP contribution in [0, 0.1) is 0 Å². The number of carboxylic acids is 4. The maximum Gasteiger partial charge on any atom is 0.407 e. The van der Waals surface area contributed by atoms with Gasteiger partial charge in [-0.3, -0.25) is 43.2 Å². The average molecular weight is 841 g/mol. The van der Waals surface area contributed by atoms with Crippen LogP contribution in [-0.4, -0.2) is 160 Å². The van der Waals surface area contributed by atoms with Crippen LogP contribution in [0.15, 0.2) is 48.5 Å². The zero-order valence-electron chi connectivity index (χ0n) is 32.6. The lowest BCUT2D eigenvalue weighted by molar-refractivity contribution is -0.142. The highest BCUT2D eigenvalue weighted by molar-refractivity contribution is 5.88. The first-order chi connectivity index (χ1) is 28.5. The van der Waals surface area contributed by atoms with E-state index in [0.29, 0.717) is 0 Å². The molecule has 0 bridgehead atoms. The molecule has 6 amide bonds. The fraction of sp³-hybridized carbons (Fsp3) is 0.436. The Balaban J connectivity index is 1.60. The van der Waals surface area contributed by atoms with Crippen molar-refractivity contribution in [2.45, 2.75) is 44.4 Å². The summed E-state index contributed by atoms with van der Waals surface area (Å²) in [4.78, 5) is 124. The van der Waals surface area contributed by atoms with Crippen molar-refractivity contribution in [3.63, 3.8) is 0 Å². The molecule has 1 aliphatic rings. The first-order valence-electron chi connectivity index (χ1n) is 18.9. The van der Waals surface area contributed by atoms with Crippen LogP contribution in [0.2, 0.25) is 0 Å². The summed E-state index contributed by atoms with van der Waals surface area (Å²) in [5, 5.41) is 42.9. The molecule has 0 fully saturated rings. The number of carbonyl (C=O) groups excluding carboxylic acids is 6. The van der Waals surface area contributed by atoms with Gasteiger partial charge in [0.1, 0.15) is 13.2 Å². The van der Waals surface area contributed by atoms with Crippen LogP contribution in [0.1, 0.15) is 55.6 Å². The lowest BCUT2D eigenvalue weighted by atomic mass is 9.98. The van der Waals surface area contributed by atoms with Crippen molar-refractivity contribution in [1.29, 1.82) is 0 Å². The van der Waals surface area contributed by atoms with Crippen molar-refractivity contribution in [3.8, 4) is 11.1 Å². The molecule has 3 rings (SSSR count). The molecule has 0 unspecified atom stereocenters. The summed E-state index contributed by atoms with van der Waals surface area (Å²) < 4.78 is 5.48. The van der Waals surface area contributed by atoms with Gasteiger partial charge in [0.25, 0.3) is 0 Å². The van der Waals surface area contributed by atoms with Crippen LogP contribution in [0.5, 0.6) is 0 Å². The van der Waals surface area contributed by atoms with Crippen LogP contribution >= 0.6 is 0 Å². The van der Waals surface area contributed by atoms with Crippen molar-refractivity contribution < 1.29 is 73.1 Å². The maximum absolute atomic E-state index is 13.4. The van der Waals surface area contributed by atoms with Crippen LogP contribution < -0.4 is 16.0 Å². The van der Waals surface area contributed by atoms with Gasteiger partial charge in [-0.05, 0) is 22.3 Å². The fourth-order valence-corrected chi connectivity index (χ4v) is 6.14. The summed E-state index contributed by atoms with van der Waals surface area (Å²) in [5.41, 5.74) is 3.96. The molecule has 0 aliphatic heterocycles. The number of fused-ring (bicyclic) bond motifs is 3. The first-order valence-corrected chi connectivity index (χ1v) is 18.9. The zero-order chi connectivity index (χ0) is 44.2. The molecule has 0 spiro atoms. The highest BCUT2D eigenvalue weighted by Crippen LogP contribution is 2.44. The summed E-state index contributed by atoms with van der Waals surface area (Å²) in [6.45, 7) is -3.71. The predicted molar refractivity (Wildman–Crippen MR) is 207 cm³/mol. The van der Waals surface area contributed by atoms with E-state index in [0.717, 1.165) is 37.0 Å². The molecule has 0 heterocycles. The van der Waals surface area contributed by atoms with E-state index in [1.807, 2.05) is 48.5 Å². The van der Waals surface area contributed by atoms with Gasteiger partial charge in [-0.15, -0.1) is 0 Å². The lowest BCUT2D eigenvalue weighted by Gasteiger charge is -2.24. The molecule has 0 saturated heterocycles. The van der Waals surface area contributed by atoms with Crippen LogP contribution in [-0.2, 0) is 47.9 Å². The average Bonchev–Trinajstić information content (AvgIpc) is 3.53. The monoisotopic (exact) mass is 840 g/mol. The second-order valence-corrected chi connectivity index (χ2v) is 13.4. The third kappa shape index (κ3) is 16.1. The van der Waals surface area contributed by atoms with Gasteiger partial charge < -0.3 is 55.8 Å². The van der Waals surface area contributed by atoms with E-state index in [9.17, 15) is 47.9 Å². The number of aliphatic carboxylic acids is 4. The normalized spacial score (nSPS) is 11.3. The van der Waals surface area contributed by atoms with Crippen molar-refractivity contribution in [3.05, 3.63) is 59.7 Å². The minimum Gasteiger partial charge on any atom is -0.481 e. The number of alkyl carbamates (subject to hydrolysis) is 1. The number of carboxylic acid groups (broad SMARTS) is 4. The van der Waals surface area contributed by atoms with Crippen molar-refractivity contribution >= 4 is 59.5 Å². The number of ether oxygens (including phenoxy) is 1. The Kier molecular flexibility index (Phi) is 18.9. The quantitative estimate of drug-likeness (QED) is 0.0652. The molecule has 2 aromatic carbocycles. The molecule has 2 aromatic rings. The number of carbonyl (C=O) groups is 10. The van der Waals surface area contributed by atoms with E-state index < -0.39 is 118 Å². The fourth-order valence-electron chi connectivity index (χ4n) is 6.14. The summed E-state index contributed by atoms with van der Waals surface area (Å²) in [5.74, 6) is -8.86. The number of amides is 6. The lowest BCUT2D eigenvalue weighted by Crippen LogP contribution is -2.45. The molecule has 60 heavy (non-hydrogen) atoms. The molecule has 0 aromatic heterocycles. The van der Waals surface area contributed by atoms with Gasteiger partial charge in [-0.2, -0.15) is 0 Å². The Morgan fingerprint density at radius 2 is 0.783 bits per heavy atom. The SMILES string of the molecule is O=C(O)CCN(CCC(=O)O)C(=O)CNC(=O)CCN(CCC(=O)NCC(=O)N(CCC(=O)O)CCC(=O)O)C(=O)CNC(=O)OCC1c2ccccc2-c2ccccc21. The van der Waals surface area contributed by atoms with E-state index in [4.69, 9.17) is 25.2 Å². The number of nitrogens with zero attached hydrogens (tertiary/aromatic N) is 3. The van der Waals surface area contributed by atoms with Gasteiger partial charge in [-0.1, -0.05) is 48.5 Å². The molecule has 0 saturated carbocycles. The standard InChI is InChI=1S/C39H48N6O15/c46-30(40-21-32(48)44(17-11-35(51)52)18-12-36(53)54)9-15-43(16-10-31(47)41-22-33(49)45(19-13-37(55)56)20-14-38(57)58)34(50)23-42-39(59)60-24-29-27-7-3-1-5-25(27)26-6-2-4-8-28(26)29/h1-8,29H,9-24H2,(H,40,46)(H,41,47)(H,42,59)(H,51,52)(H,53,54)(H,55,56)(H,57,58). The first kappa shape index (κ1) is 47.3. The van der Waals surface area contributed by atoms with E-state index in [2.05, 4.69) is 16.0 Å². The molecule has 0 atom stereocenters. The molecular weight excluding hydrogens is 792 g/mol. The van der Waals surface area contributed by atoms with Crippen molar-refractivity contribution in [2.24, 2.45) is 0 Å². The Hall–Kier alpha value is -7.06. The Bertz CT molecular complexity index is 1770. The molecule has 7 N–H and O–H groups in total. The summed E-state index contributed by atoms with van der Waals surface area (Å²) in [7, 11) is 0. The van der Waals surface area contributed by atoms with E-state index >= 15 is 0 Å². The van der Waals surface area contributed by atoms with Gasteiger partial charge in [0.05, 0.1) is 38.8 Å². The van der Waals surface area contributed by atoms with Crippen molar-refractivity contribution in [1.82, 2.24) is 30.7 Å².